The van der Waals surface area contributed by atoms with Crippen molar-refractivity contribution in [2.75, 3.05) is 0 Å². The number of carbonyl (C=O) groups excluding carboxylic acids is 1. The van der Waals surface area contributed by atoms with E-state index >= 15 is 0 Å². The highest BCUT2D eigenvalue weighted by atomic mass is 16.3. The Balaban J connectivity index is 2.36. The van der Waals surface area contributed by atoms with Crippen molar-refractivity contribution in [2.45, 2.75) is 47.1 Å². The maximum Gasteiger partial charge on any atom is 0.220 e. The number of amides is 1. The topological polar surface area (TPSA) is 49.3 Å². The molecular weight excluding hydrogens is 238 g/mol. The predicted octanol–water partition coefficient (Wildman–Crippen LogP) is 3.47. The molecular formula is C16H25NO2. The summed E-state index contributed by atoms with van der Waals surface area (Å²) in [5, 5.41) is 12.2. The molecule has 1 unspecified atom stereocenters. The van der Waals surface area contributed by atoms with E-state index < -0.39 is 0 Å². The van der Waals surface area contributed by atoms with E-state index in [1.807, 2.05) is 6.07 Å². The Morgan fingerprint density at radius 2 is 2.05 bits per heavy atom. The first kappa shape index (κ1) is 15.5. The molecule has 0 spiro atoms. The van der Waals surface area contributed by atoms with Crippen LogP contribution in [-0.2, 0) is 11.3 Å². The van der Waals surface area contributed by atoms with Crippen LogP contribution in [0.4, 0.5) is 0 Å². The van der Waals surface area contributed by atoms with Gasteiger partial charge in [-0.25, -0.2) is 0 Å². The maximum absolute atomic E-state index is 11.8. The smallest absolute Gasteiger partial charge is 0.220 e. The SMILES string of the molecule is CC(CC(=O)NCc1cccc(O)c1)CC(C)(C)C. The predicted molar refractivity (Wildman–Crippen MR) is 77.8 cm³/mol. The first-order valence-electron chi connectivity index (χ1n) is 6.81. The molecule has 0 saturated carbocycles. The number of phenolic OH excluding ortho intramolecular Hbond substituents is 1. The minimum absolute atomic E-state index is 0.0695. The second-order valence-corrected chi connectivity index (χ2v) is 6.52. The zero-order chi connectivity index (χ0) is 14.5. The van der Waals surface area contributed by atoms with Gasteiger partial charge in [-0.3, -0.25) is 4.79 Å². The molecule has 2 N–H and O–H groups in total. The highest BCUT2D eigenvalue weighted by molar-refractivity contribution is 5.76. The Hall–Kier alpha value is -1.51. The molecule has 0 saturated heterocycles. The number of aromatic hydroxyl groups is 1. The van der Waals surface area contributed by atoms with E-state index in [1.54, 1.807) is 18.2 Å². The van der Waals surface area contributed by atoms with Gasteiger partial charge in [0.1, 0.15) is 5.75 Å². The van der Waals surface area contributed by atoms with Crippen molar-refractivity contribution in [3.8, 4) is 5.75 Å². The van der Waals surface area contributed by atoms with Gasteiger partial charge in [-0.2, -0.15) is 0 Å². The number of nitrogens with one attached hydrogen (secondary N) is 1. The van der Waals surface area contributed by atoms with Gasteiger partial charge in [-0.15, -0.1) is 0 Å². The van der Waals surface area contributed by atoms with Gasteiger partial charge in [-0.05, 0) is 35.4 Å². The van der Waals surface area contributed by atoms with Crippen LogP contribution < -0.4 is 5.32 Å². The molecule has 1 aromatic rings. The molecule has 0 bridgehead atoms. The minimum Gasteiger partial charge on any atom is -0.508 e. The van der Waals surface area contributed by atoms with Crippen LogP contribution >= 0.6 is 0 Å². The Labute approximate surface area is 116 Å². The summed E-state index contributed by atoms with van der Waals surface area (Å²) in [6.45, 7) is 9.14. The number of carbonyl (C=O) groups is 1. The molecule has 1 amide bonds. The Morgan fingerprint density at radius 3 is 2.63 bits per heavy atom. The molecule has 106 valence electrons. The molecule has 3 nitrogen and oxygen atoms in total. The Bertz CT molecular complexity index is 421. The lowest BCUT2D eigenvalue weighted by Crippen LogP contribution is -2.25. The van der Waals surface area contributed by atoms with Crippen LogP contribution in [0, 0.1) is 11.3 Å². The van der Waals surface area contributed by atoms with E-state index in [0.29, 0.717) is 18.9 Å². The van der Waals surface area contributed by atoms with Crippen LogP contribution in [0.25, 0.3) is 0 Å². The highest BCUT2D eigenvalue weighted by Crippen LogP contribution is 2.25. The third kappa shape index (κ3) is 6.85. The maximum atomic E-state index is 11.8. The molecule has 0 aliphatic rings. The lowest BCUT2D eigenvalue weighted by Gasteiger charge is -2.22. The van der Waals surface area contributed by atoms with E-state index in [2.05, 4.69) is 33.0 Å². The zero-order valence-corrected chi connectivity index (χ0v) is 12.4. The molecule has 1 aromatic carbocycles. The molecule has 0 heterocycles. The van der Waals surface area contributed by atoms with Gasteiger partial charge in [0.05, 0.1) is 0 Å². The molecule has 0 fully saturated rings. The lowest BCUT2D eigenvalue weighted by atomic mass is 9.84. The minimum atomic E-state index is 0.0695. The standard InChI is InChI=1S/C16H25NO2/c1-12(10-16(2,3)4)8-15(19)17-11-13-6-5-7-14(18)9-13/h5-7,9,12,18H,8,10-11H2,1-4H3,(H,17,19). The van der Waals surface area contributed by atoms with Crippen molar-refractivity contribution < 1.29 is 9.90 Å². The summed E-state index contributed by atoms with van der Waals surface area (Å²) in [6, 6.07) is 6.95. The van der Waals surface area contributed by atoms with Crippen LogP contribution in [0.1, 0.15) is 46.1 Å². The van der Waals surface area contributed by atoms with Crippen molar-refractivity contribution in [2.24, 2.45) is 11.3 Å². The van der Waals surface area contributed by atoms with E-state index in [0.717, 1.165) is 12.0 Å². The van der Waals surface area contributed by atoms with Crippen molar-refractivity contribution in [3.63, 3.8) is 0 Å². The normalized spacial score (nSPS) is 13.1. The average Bonchev–Trinajstić information content (AvgIpc) is 2.23. The van der Waals surface area contributed by atoms with Gasteiger partial charge >= 0.3 is 0 Å². The number of benzene rings is 1. The third-order valence-electron chi connectivity index (χ3n) is 2.89. The van der Waals surface area contributed by atoms with Crippen LogP contribution in [0.5, 0.6) is 5.75 Å². The van der Waals surface area contributed by atoms with Crippen molar-refractivity contribution >= 4 is 5.91 Å². The third-order valence-corrected chi connectivity index (χ3v) is 2.89. The molecule has 0 aliphatic heterocycles. The average molecular weight is 263 g/mol. The Kier molecular flexibility index (Phi) is 5.40. The summed E-state index contributed by atoms with van der Waals surface area (Å²) in [5.41, 5.74) is 1.17. The summed E-state index contributed by atoms with van der Waals surface area (Å²) in [6.07, 6.45) is 1.59. The van der Waals surface area contributed by atoms with Gasteiger partial charge in [-0.1, -0.05) is 39.8 Å². The highest BCUT2D eigenvalue weighted by Gasteiger charge is 2.17. The summed E-state index contributed by atoms with van der Waals surface area (Å²) in [4.78, 5) is 11.8. The molecule has 1 atom stereocenters. The van der Waals surface area contributed by atoms with Crippen molar-refractivity contribution in [1.29, 1.82) is 0 Å². The van der Waals surface area contributed by atoms with Gasteiger partial charge in [0.25, 0.3) is 0 Å². The van der Waals surface area contributed by atoms with Crippen LogP contribution in [0.2, 0.25) is 0 Å². The monoisotopic (exact) mass is 263 g/mol. The van der Waals surface area contributed by atoms with Gasteiger partial charge in [0, 0.05) is 13.0 Å². The lowest BCUT2D eigenvalue weighted by molar-refractivity contribution is -0.122. The van der Waals surface area contributed by atoms with Gasteiger partial charge in [0.2, 0.25) is 5.91 Å². The Morgan fingerprint density at radius 1 is 1.37 bits per heavy atom. The van der Waals surface area contributed by atoms with Crippen LogP contribution in [0.3, 0.4) is 0 Å². The van der Waals surface area contributed by atoms with Crippen LogP contribution in [-0.4, -0.2) is 11.0 Å². The summed E-state index contributed by atoms with van der Waals surface area (Å²) in [5.74, 6) is 0.678. The number of hydrogen-bond donors (Lipinski definition) is 2. The number of phenols is 1. The number of rotatable bonds is 5. The number of hydrogen-bond acceptors (Lipinski definition) is 2. The van der Waals surface area contributed by atoms with E-state index in [4.69, 9.17) is 0 Å². The molecule has 0 aliphatic carbocycles. The largest absolute Gasteiger partial charge is 0.508 e. The molecule has 0 aromatic heterocycles. The zero-order valence-electron chi connectivity index (χ0n) is 12.4. The second kappa shape index (κ2) is 6.60. The first-order valence-corrected chi connectivity index (χ1v) is 6.81. The van der Waals surface area contributed by atoms with Crippen molar-refractivity contribution in [3.05, 3.63) is 29.8 Å². The van der Waals surface area contributed by atoms with E-state index in [9.17, 15) is 9.90 Å². The summed E-state index contributed by atoms with van der Waals surface area (Å²) >= 11 is 0. The first-order chi connectivity index (χ1) is 8.76. The molecule has 19 heavy (non-hydrogen) atoms. The molecule has 0 radical (unpaired) electrons. The summed E-state index contributed by atoms with van der Waals surface area (Å²) < 4.78 is 0. The van der Waals surface area contributed by atoms with Gasteiger partial charge in [0.15, 0.2) is 0 Å². The van der Waals surface area contributed by atoms with Gasteiger partial charge < -0.3 is 10.4 Å². The molecule has 3 heteroatoms. The van der Waals surface area contributed by atoms with E-state index in [1.165, 1.54) is 0 Å². The summed E-state index contributed by atoms with van der Waals surface area (Å²) in [7, 11) is 0. The van der Waals surface area contributed by atoms with Crippen LogP contribution in [0.15, 0.2) is 24.3 Å². The van der Waals surface area contributed by atoms with E-state index in [-0.39, 0.29) is 17.1 Å². The second-order valence-electron chi connectivity index (χ2n) is 6.52. The molecule has 1 rings (SSSR count). The fraction of sp³-hybridized carbons (Fsp3) is 0.562. The fourth-order valence-electron chi connectivity index (χ4n) is 2.37. The van der Waals surface area contributed by atoms with Crippen molar-refractivity contribution in [1.82, 2.24) is 5.32 Å². The quantitative estimate of drug-likeness (QED) is 0.854. The fourth-order valence-corrected chi connectivity index (χ4v) is 2.37.